The number of nitrogens with zero attached hydrogens (tertiary/aromatic N) is 2. The van der Waals surface area contributed by atoms with Crippen LogP contribution in [-0.2, 0) is 6.54 Å². The third kappa shape index (κ3) is 3.96. The Labute approximate surface area is 103 Å². The quantitative estimate of drug-likeness (QED) is 0.587. The highest BCUT2D eigenvalue weighted by molar-refractivity contribution is 8.00. The molecule has 0 saturated heterocycles. The molecular weight excluding hydrogens is 240 g/mol. The summed E-state index contributed by atoms with van der Waals surface area (Å²) in [5.74, 6) is 1.11. The van der Waals surface area contributed by atoms with Crippen molar-refractivity contribution in [2.24, 2.45) is 0 Å². The summed E-state index contributed by atoms with van der Waals surface area (Å²) in [5, 5.41) is 5.38. The van der Waals surface area contributed by atoms with Gasteiger partial charge in [0.25, 0.3) is 0 Å². The predicted octanol–water partition coefficient (Wildman–Crippen LogP) is 2.14. The lowest BCUT2D eigenvalue weighted by atomic mass is 10.4. The summed E-state index contributed by atoms with van der Waals surface area (Å²) < 4.78 is 1.16. The van der Waals surface area contributed by atoms with Gasteiger partial charge in [-0.3, -0.25) is 0 Å². The van der Waals surface area contributed by atoms with Crippen molar-refractivity contribution in [2.75, 3.05) is 12.3 Å². The molecule has 0 bridgehead atoms. The number of thiazole rings is 1. The van der Waals surface area contributed by atoms with Gasteiger partial charge in [0.1, 0.15) is 4.34 Å². The number of aromatic amines is 1. The molecule has 0 radical (unpaired) electrons. The van der Waals surface area contributed by atoms with Crippen LogP contribution in [0.25, 0.3) is 0 Å². The Morgan fingerprint density at radius 3 is 3.25 bits per heavy atom. The maximum absolute atomic E-state index is 4.22. The predicted molar refractivity (Wildman–Crippen MR) is 67.7 cm³/mol. The topological polar surface area (TPSA) is 53.6 Å². The van der Waals surface area contributed by atoms with E-state index in [9.17, 15) is 0 Å². The Morgan fingerprint density at radius 1 is 1.50 bits per heavy atom. The number of thioether (sulfide) groups is 1. The Morgan fingerprint density at radius 2 is 2.50 bits per heavy atom. The van der Waals surface area contributed by atoms with E-state index in [1.54, 1.807) is 17.7 Å². The number of H-pyrrole nitrogens is 1. The minimum absolute atomic E-state index is 0.863. The number of hydrogen-bond donors (Lipinski definition) is 2. The molecule has 0 atom stereocenters. The molecule has 0 aliphatic rings. The first-order chi connectivity index (χ1) is 7.95. The SMILES string of the molecule is c1csc(SCCCNCc2cnc[nH]2)n1. The fraction of sp³-hybridized carbons (Fsp3) is 0.400. The number of imidazole rings is 1. The number of nitrogens with one attached hydrogen (secondary N) is 2. The summed E-state index contributed by atoms with van der Waals surface area (Å²) in [6, 6.07) is 0. The summed E-state index contributed by atoms with van der Waals surface area (Å²) in [4.78, 5) is 11.3. The Balaban J connectivity index is 1.49. The van der Waals surface area contributed by atoms with Gasteiger partial charge in [-0.25, -0.2) is 9.97 Å². The Bertz CT molecular complexity index is 333. The molecule has 4 nitrogen and oxygen atoms in total. The van der Waals surface area contributed by atoms with Gasteiger partial charge in [-0.05, 0) is 13.0 Å². The van der Waals surface area contributed by atoms with E-state index < -0.39 is 0 Å². The smallest absolute Gasteiger partial charge is 0.149 e. The molecule has 0 aliphatic heterocycles. The molecule has 0 unspecified atom stereocenters. The third-order valence-electron chi connectivity index (χ3n) is 2.00. The highest BCUT2D eigenvalue weighted by atomic mass is 32.2. The van der Waals surface area contributed by atoms with Crippen LogP contribution in [0.4, 0.5) is 0 Å². The molecule has 2 aromatic heterocycles. The van der Waals surface area contributed by atoms with Gasteiger partial charge in [0.2, 0.25) is 0 Å². The molecule has 2 aromatic rings. The second-order valence-electron chi connectivity index (χ2n) is 3.25. The normalized spacial score (nSPS) is 10.8. The van der Waals surface area contributed by atoms with Crippen LogP contribution >= 0.6 is 23.1 Å². The Kier molecular flexibility index (Phi) is 4.85. The summed E-state index contributed by atoms with van der Waals surface area (Å²) >= 11 is 3.53. The van der Waals surface area contributed by atoms with E-state index in [0.717, 1.165) is 35.3 Å². The molecule has 0 spiro atoms. The fourth-order valence-electron chi connectivity index (χ4n) is 1.24. The average molecular weight is 254 g/mol. The van der Waals surface area contributed by atoms with Crippen molar-refractivity contribution < 1.29 is 0 Å². The molecule has 0 fully saturated rings. The van der Waals surface area contributed by atoms with E-state index in [0.29, 0.717) is 0 Å². The van der Waals surface area contributed by atoms with E-state index in [4.69, 9.17) is 0 Å². The standard InChI is InChI=1S/C10H14N4S2/c1(4-15-10-13-3-5-16-10)2-11-6-9-7-12-8-14-9/h3,5,7-8,11H,1-2,4,6H2,(H,12,14). The first-order valence-corrected chi connectivity index (χ1v) is 7.02. The second kappa shape index (κ2) is 6.67. The van der Waals surface area contributed by atoms with Crippen molar-refractivity contribution in [2.45, 2.75) is 17.3 Å². The molecule has 0 saturated carbocycles. The zero-order chi connectivity index (χ0) is 11.1. The van der Waals surface area contributed by atoms with Gasteiger partial charge in [0.15, 0.2) is 0 Å². The first-order valence-electron chi connectivity index (χ1n) is 5.15. The van der Waals surface area contributed by atoms with Crippen molar-refractivity contribution in [3.05, 3.63) is 29.8 Å². The van der Waals surface area contributed by atoms with E-state index in [1.807, 2.05) is 29.5 Å². The molecule has 2 rings (SSSR count). The summed E-state index contributed by atoms with van der Waals surface area (Å²) in [5.41, 5.74) is 1.13. The lowest BCUT2D eigenvalue weighted by Gasteiger charge is -2.01. The van der Waals surface area contributed by atoms with Crippen LogP contribution in [0.3, 0.4) is 0 Å². The molecule has 0 aliphatic carbocycles. The molecule has 0 aromatic carbocycles. The van der Waals surface area contributed by atoms with Crippen LogP contribution in [0.15, 0.2) is 28.4 Å². The molecule has 0 amide bonds. The number of rotatable bonds is 7. The number of aromatic nitrogens is 3. The van der Waals surface area contributed by atoms with Crippen molar-refractivity contribution in [3.63, 3.8) is 0 Å². The minimum Gasteiger partial charge on any atom is -0.347 e. The summed E-state index contributed by atoms with van der Waals surface area (Å²) in [6.45, 7) is 1.89. The van der Waals surface area contributed by atoms with Crippen molar-refractivity contribution in [1.29, 1.82) is 0 Å². The van der Waals surface area contributed by atoms with Crippen LogP contribution in [-0.4, -0.2) is 27.2 Å². The van der Waals surface area contributed by atoms with Gasteiger partial charge in [0, 0.05) is 35.8 Å². The highest BCUT2D eigenvalue weighted by Gasteiger charge is 1.96. The maximum atomic E-state index is 4.22. The van der Waals surface area contributed by atoms with Crippen molar-refractivity contribution in [3.8, 4) is 0 Å². The third-order valence-corrected chi connectivity index (χ3v) is 4.06. The van der Waals surface area contributed by atoms with Gasteiger partial charge in [-0.15, -0.1) is 11.3 Å². The maximum Gasteiger partial charge on any atom is 0.149 e. The van der Waals surface area contributed by atoms with E-state index in [-0.39, 0.29) is 0 Å². The molecule has 6 heteroatoms. The van der Waals surface area contributed by atoms with Gasteiger partial charge >= 0.3 is 0 Å². The molecule has 16 heavy (non-hydrogen) atoms. The summed E-state index contributed by atoms with van der Waals surface area (Å²) in [7, 11) is 0. The monoisotopic (exact) mass is 254 g/mol. The highest BCUT2D eigenvalue weighted by Crippen LogP contribution is 2.20. The van der Waals surface area contributed by atoms with Gasteiger partial charge < -0.3 is 10.3 Å². The number of hydrogen-bond acceptors (Lipinski definition) is 5. The fourth-order valence-corrected chi connectivity index (χ4v) is 2.89. The molecule has 2 N–H and O–H groups in total. The van der Waals surface area contributed by atoms with E-state index in [2.05, 4.69) is 20.3 Å². The molecular formula is C10H14N4S2. The Hall–Kier alpha value is -0.850. The van der Waals surface area contributed by atoms with Gasteiger partial charge in [-0.2, -0.15) is 0 Å². The van der Waals surface area contributed by atoms with Crippen molar-refractivity contribution >= 4 is 23.1 Å². The summed E-state index contributed by atoms with van der Waals surface area (Å²) in [6.07, 6.45) is 6.55. The average Bonchev–Trinajstić information content (AvgIpc) is 2.96. The van der Waals surface area contributed by atoms with Crippen molar-refractivity contribution in [1.82, 2.24) is 20.3 Å². The van der Waals surface area contributed by atoms with Gasteiger partial charge in [-0.1, -0.05) is 11.8 Å². The molecule has 2 heterocycles. The van der Waals surface area contributed by atoms with Crippen LogP contribution in [0.2, 0.25) is 0 Å². The van der Waals surface area contributed by atoms with E-state index in [1.165, 1.54) is 0 Å². The second-order valence-corrected chi connectivity index (χ2v) is 5.49. The lowest BCUT2D eigenvalue weighted by molar-refractivity contribution is 0.669. The zero-order valence-electron chi connectivity index (χ0n) is 8.85. The largest absolute Gasteiger partial charge is 0.347 e. The van der Waals surface area contributed by atoms with Crippen LogP contribution in [0, 0.1) is 0 Å². The van der Waals surface area contributed by atoms with Crippen LogP contribution < -0.4 is 5.32 Å². The minimum atomic E-state index is 0.863. The van der Waals surface area contributed by atoms with Crippen LogP contribution in [0.5, 0.6) is 0 Å². The first kappa shape index (κ1) is 11.6. The van der Waals surface area contributed by atoms with E-state index >= 15 is 0 Å². The van der Waals surface area contributed by atoms with Crippen LogP contribution in [0.1, 0.15) is 12.1 Å². The zero-order valence-corrected chi connectivity index (χ0v) is 10.5. The van der Waals surface area contributed by atoms with Gasteiger partial charge in [0.05, 0.1) is 6.33 Å². The molecule has 86 valence electrons. The lowest BCUT2D eigenvalue weighted by Crippen LogP contribution is -2.15.